The summed E-state index contributed by atoms with van der Waals surface area (Å²) in [5.74, 6) is 0. The van der Waals surface area contributed by atoms with Crippen LogP contribution in [-0.4, -0.2) is 21.9 Å². The van der Waals surface area contributed by atoms with Crippen molar-refractivity contribution in [3.05, 3.63) is 37.5 Å². The average molecular weight is 238 g/mol. The number of unbranched alkanes of at least 4 members (excludes halogenated alkanes) is 1. The van der Waals surface area contributed by atoms with Crippen LogP contribution in [0.4, 0.5) is 0 Å². The third-order valence-corrected chi connectivity index (χ3v) is 2.86. The van der Waals surface area contributed by atoms with E-state index in [9.17, 15) is 10.2 Å². The second-order valence-corrected chi connectivity index (χ2v) is 4.55. The second-order valence-electron chi connectivity index (χ2n) is 4.55. The summed E-state index contributed by atoms with van der Waals surface area (Å²) in [7, 11) is 0. The van der Waals surface area contributed by atoms with Gasteiger partial charge in [0.25, 0.3) is 0 Å². The largest absolute Gasteiger partial charge is 0.389 e. The topological polar surface area (TPSA) is 40.5 Å². The minimum atomic E-state index is -0.699. The molecule has 2 heteroatoms. The monoisotopic (exact) mass is 238 g/mol. The van der Waals surface area contributed by atoms with Gasteiger partial charge < -0.3 is 10.2 Å². The standard InChI is InChI=1S/C15H26O2/c1-4-9-14(16)10-7-8-13-15(17,11-5-2)12-6-3/h4-6,9,14,16-17H,2-3,7-8,10-13H2,1H3/b9-4+. The van der Waals surface area contributed by atoms with Gasteiger partial charge in [-0.25, -0.2) is 0 Å². The van der Waals surface area contributed by atoms with Gasteiger partial charge in [-0.2, -0.15) is 0 Å². The molecule has 0 aliphatic carbocycles. The summed E-state index contributed by atoms with van der Waals surface area (Å²) in [6.07, 6.45) is 11.3. The molecule has 0 rings (SSSR count). The van der Waals surface area contributed by atoms with Crippen molar-refractivity contribution in [2.45, 2.75) is 57.2 Å². The molecule has 0 bridgehead atoms. The Kier molecular flexibility index (Phi) is 8.73. The molecule has 0 spiro atoms. The Morgan fingerprint density at radius 3 is 2.24 bits per heavy atom. The first-order valence-corrected chi connectivity index (χ1v) is 6.33. The number of aliphatic hydroxyl groups excluding tert-OH is 1. The van der Waals surface area contributed by atoms with Crippen molar-refractivity contribution in [3.63, 3.8) is 0 Å². The fraction of sp³-hybridized carbons (Fsp3) is 0.600. The Bertz CT molecular complexity index is 233. The van der Waals surface area contributed by atoms with E-state index >= 15 is 0 Å². The molecule has 2 N–H and O–H groups in total. The molecule has 1 unspecified atom stereocenters. The Morgan fingerprint density at radius 2 is 1.76 bits per heavy atom. The minimum Gasteiger partial charge on any atom is -0.389 e. The Morgan fingerprint density at radius 1 is 1.18 bits per heavy atom. The van der Waals surface area contributed by atoms with Gasteiger partial charge in [-0.15, -0.1) is 13.2 Å². The third-order valence-electron chi connectivity index (χ3n) is 2.86. The summed E-state index contributed by atoms with van der Waals surface area (Å²) < 4.78 is 0. The first-order valence-electron chi connectivity index (χ1n) is 6.33. The normalized spacial score (nSPS) is 13.8. The summed E-state index contributed by atoms with van der Waals surface area (Å²) in [6.45, 7) is 9.23. The zero-order valence-electron chi connectivity index (χ0n) is 10.9. The Balaban J connectivity index is 3.89. The molecule has 17 heavy (non-hydrogen) atoms. The predicted octanol–water partition coefficient (Wildman–Crippen LogP) is 3.37. The van der Waals surface area contributed by atoms with E-state index in [4.69, 9.17) is 0 Å². The van der Waals surface area contributed by atoms with Crippen LogP contribution in [0, 0.1) is 0 Å². The molecular formula is C15H26O2. The Labute approximate surface area is 105 Å². The SMILES string of the molecule is C=CCC(O)(CC=C)CCCCC(O)/C=C/C. The van der Waals surface area contributed by atoms with Crippen LogP contribution in [0.15, 0.2) is 37.5 Å². The molecule has 0 saturated carbocycles. The highest BCUT2D eigenvalue weighted by molar-refractivity contribution is 4.92. The molecule has 0 aliphatic rings. The molecule has 0 aromatic rings. The number of hydrogen-bond donors (Lipinski definition) is 2. The van der Waals surface area contributed by atoms with E-state index in [0.29, 0.717) is 12.8 Å². The molecule has 0 aromatic carbocycles. The van der Waals surface area contributed by atoms with Gasteiger partial charge in [0, 0.05) is 0 Å². The van der Waals surface area contributed by atoms with E-state index in [2.05, 4.69) is 13.2 Å². The highest BCUT2D eigenvalue weighted by atomic mass is 16.3. The fourth-order valence-electron chi connectivity index (χ4n) is 1.95. The van der Waals surface area contributed by atoms with Gasteiger partial charge in [-0.1, -0.05) is 37.1 Å². The molecule has 0 radical (unpaired) electrons. The summed E-state index contributed by atoms with van der Waals surface area (Å²) in [5, 5.41) is 19.8. The summed E-state index contributed by atoms with van der Waals surface area (Å²) in [4.78, 5) is 0. The van der Waals surface area contributed by atoms with E-state index in [-0.39, 0.29) is 6.10 Å². The molecule has 0 aliphatic heterocycles. The zero-order valence-corrected chi connectivity index (χ0v) is 10.9. The van der Waals surface area contributed by atoms with E-state index in [1.54, 1.807) is 18.2 Å². The molecule has 0 amide bonds. The van der Waals surface area contributed by atoms with Crippen molar-refractivity contribution >= 4 is 0 Å². The van der Waals surface area contributed by atoms with Gasteiger partial charge in [-0.05, 0) is 32.6 Å². The predicted molar refractivity (Wildman–Crippen MR) is 73.9 cm³/mol. The first-order chi connectivity index (χ1) is 8.08. The minimum absolute atomic E-state index is 0.355. The van der Waals surface area contributed by atoms with Gasteiger partial charge in [-0.3, -0.25) is 0 Å². The number of rotatable bonds is 10. The van der Waals surface area contributed by atoms with Gasteiger partial charge in [0.1, 0.15) is 0 Å². The molecule has 1 atom stereocenters. The van der Waals surface area contributed by atoms with E-state index in [1.165, 1.54) is 0 Å². The third kappa shape index (κ3) is 7.94. The van der Waals surface area contributed by atoms with E-state index < -0.39 is 5.60 Å². The summed E-state index contributed by atoms with van der Waals surface area (Å²) >= 11 is 0. The van der Waals surface area contributed by atoms with Crippen molar-refractivity contribution < 1.29 is 10.2 Å². The van der Waals surface area contributed by atoms with Crippen LogP contribution in [0.5, 0.6) is 0 Å². The van der Waals surface area contributed by atoms with Crippen LogP contribution in [0.3, 0.4) is 0 Å². The number of aliphatic hydroxyl groups is 2. The van der Waals surface area contributed by atoms with Crippen LogP contribution in [0.1, 0.15) is 45.4 Å². The summed E-state index contributed by atoms with van der Waals surface area (Å²) in [5.41, 5.74) is -0.699. The van der Waals surface area contributed by atoms with Crippen molar-refractivity contribution in [2.24, 2.45) is 0 Å². The lowest BCUT2D eigenvalue weighted by Crippen LogP contribution is -2.27. The maximum Gasteiger partial charge on any atom is 0.0720 e. The maximum atomic E-state index is 10.3. The van der Waals surface area contributed by atoms with Crippen LogP contribution in [-0.2, 0) is 0 Å². The highest BCUT2D eigenvalue weighted by Crippen LogP contribution is 2.24. The van der Waals surface area contributed by atoms with Crippen LogP contribution in [0.25, 0.3) is 0 Å². The molecule has 98 valence electrons. The quantitative estimate of drug-likeness (QED) is 0.452. The molecular weight excluding hydrogens is 212 g/mol. The smallest absolute Gasteiger partial charge is 0.0720 e. The average Bonchev–Trinajstić information content (AvgIpc) is 2.26. The van der Waals surface area contributed by atoms with Crippen molar-refractivity contribution in [3.8, 4) is 0 Å². The lowest BCUT2D eigenvalue weighted by atomic mass is 9.89. The molecule has 0 fully saturated rings. The van der Waals surface area contributed by atoms with Gasteiger partial charge >= 0.3 is 0 Å². The Hall–Kier alpha value is -0.860. The second kappa shape index (κ2) is 9.20. The molecule has 0 saturated heterocycles. The number of hydrogen-bond acceptors (Lipinski definition) is 2. The van der Waals surface area contributed by atoms with E-state index in [1.807, 2.05) is 13.0 Å². The van der Waals surface area contributed by atoms with Crippen LogP contribution in [0.2, 0.25) is 0 Å². The maximum absolute atomic E-state index is 10.3. The van der Waals surface area contributed by atoms with Gasteiger partial charge in [0.2, 0.25) is 0 Å². The van der Waals surface area contributed by atoms with Gasteiger partial charge in [0.05, 0.1) is 11.7 Å². The highest BCUT2D eigenvalue weighted by Gasteiger charge is 2.22. The van der Waals surface area contributed by atoms with E-state index in [0.717, 1.165) is 25.7 Å². The van der Waals surface area contributed by atoms with Crippen molar-refractivity contribution in [2.75, 3.05) is 0 Å². The fourth-order valence-corrected chi connectivity index (χ4v) is 1.95. The lowest BCUT2D eigenvalue weighted by Gasteiger charge is -2.25. The van der Waals surface area contributed by atoms with Crippen LogP contribution < -0.4 is 0 Å². The summed E-state index contributed by atoms with van der Waals surface area (Å²) in [6, 6.07) is 0. The zero-order chi connectivity index (χ0) is 13.1. The number of allylic oxidation sites excluding steroid dienone is 1. The van der Waals surface area contributed by atoms with Crippen molar-refractivity contribution in [1.82, 2.24) is 0 Å². The molecule has 0 aromatic heterocycles. The molecule has 2 nitrogen and oxygen atoms in total. The van der Waals surface area contributed by atoms with Crippen molar-refractivity contribution in [1.29, 1.82) is 0 Å². The molecule has 0 heterocycles. The van der Waals surface area contributed by atoms with Gasteiger partial charge in [0.15, 0.2) is 0 Å². The van der Waals surface area contributed by atoms with Crippen LogP contribution >= 0.6 is 0 Å². The lowest BCUT2D eigenvalue weighted by molar-refractivity contribution is 0.0340. The first kappa shape index (κ1) is 16.1.